The van der Waals surface area contributed by atoms with Crippen molar-refractivity contribution in [2.45, 2.75) is 18.7 Å². The first-order chi connectivity index (χ1) is 17.5. The smallest absolute Gasteiger partial charge is 0.269 e. The van der Waals surface area contributed by atoms with Crippen molar-refractivity contribution in [3.63, 3.8) is 0 Å². The summed E-state index contributed by atoms with van der Waals surface area (Å²) in [6, 6.07) is 24.5. The summed E-state index contributed by atoms with van der Waals surface area (Å²) < 4.78 is 0. The van der Waals surface area contributed by atoms with Gasteiger partial charge in [-0.15, -0.1) is 11.8 Å². The van der Waals surface area contributed by atoms with Gasteiger partial charge in [0.25, 0.3) is 5.91 Å². The zero-order valence-electron chi connectivity index (χ0n) is 20.7. The van der Waals surface area contributed by atoms with Crippen LogP contribution in [0.15, 0.2) is 72.8 Å². The van der Waals surface area contributed by atoms with Crippen LogP contribution in [0.4, 0.5) is 17.1 Å². The van der Waals surface area contributed by atoms with Gasteiger partial charge in [0, 0.05) is 43.1 Å². The van der Waals surface area contributed by atoms with E-state index in [4.69, 9.17) is 0 Å². The minimum absolute atomic E-state index is 0.0234. The van der Waals surface area contributed by atoms with Crippen LogP contribution >= 0.6 is 11.8 Å². The lowest BCUT2D eigenvalue weighted by atomic mass is 10.0. The van der Waals surface area contributed by atoms with E-state index < -0.39 is 4.87 Å². The Hall–Kier alpha value is -3.29. The Kier molecular flexibility index (Phi) is 5.77. The number of fused-ring (bicyclic) bond motifs is 2. The van der Waals surface area contributed by atoms with Crippen LogP contribution in [0.25, 0.3) is 0 Å². The summed E-state index contributed by atoms with van der Waals surface area (Å²) in [4.78, 5) is 34.9. The molecule has 184 valence electrons. The zero-order chi connectivity index (χ0) is 24.9. The molecule has 3 aromatic rings. The summed E-state index contributed by atoms with van der Waals surface area (Å²) in [6.45, 7) is 8.22. The first-order valence-electron chi connectivity index (χ1n) is 12.5. The molecule has 0 N–H and O–H groups in total. The molecule has 6 rings (SSSR count). The molecular weight excluding hydrogens is 468 g/mol. The number of rotatable bonds is 4. The number of piperazine rings is 1. The number of thioether (sulfide) groups is 1. The van der Waals surface area contributed by atoms with Gasteiger partial charge in [0.2, 0.25) is 10.8 Å². The summed E-state index contributed by atoms with van der Waals surface area (Å²) >= 11 is 1.45. The second-order valence-electron chi connectivity index (χ2n) is 9.76. The van der Waals surface area contributed by atoms with Crippen molar-refractivity contribution in [1.82, 2.24) is 4.90 Å². The summed E-state index contributed by atoms with van der Waals surface area (Å²) in [7, 11) is 0. The van der Waals surface area contributed by atoms with Gasteiger partial charge < -0.3 is 4.90 Å². The molecule has 3 aliphatic rings. The second kappa shape index (κ2) is 8.98. The number of amides is 2. The lowest BCUT2D eigenvalue weighted by molar-refractivity contribution is -0.124. The van der Waals surface area contributed by atoms with Crippen LogP contribution in [-0.2, 0) is 14.5 Å². The van der Waals surface area contributed by atoms with Crippen LogP contribution in [0, 0.1) is 13.8 Å². The van der Waals surface area contributed by atoms with E-state index in [9.17, 15) is 9.59 Å². The lowest BCUT2D eigenvalue weighted by Gasteiger charge is -2.38. The number of anilines is 3. The van der Waals surface area contributed by atoms with Gasteiger partial charge in [-0.1, -0.05) is 42.5 Å². The van der Waals surface area contributed by atoms with Crippen LogP contribution in [0.2, 0.25) is 0 Å². The fraction of sp³-hybridized carbons (Fsp3) is 0.310. The van der Waals surface area contributed by atoms with Crippen LogP contribution in [0.1, 0.15) is 16.7 Å². The standard InChI is InChI=1S/C29H30N4O2S/c1-21-12-13-24(18-22(21)2)33-27(34)19-36-29(33)25-10-6-7-11-26(25)32(28(29)35)20-30-14-16-31(17-15-30)23-8-4-3-5-9-23/h3-13,18H,14-17,19-20H2,1-2H3. The minimum atomic E-state index is -1.05. The fourth-order valence-electron chi connectivity index (χ4n) is 5.55. The second-order valence-corrected chi connectivity index (χ2v) is 10.9. The molecule has 2 fully saturated rings. The van der Waals surface area contributed by atoms with Gasteiger partial charge in [0.05, 0.1) is 18.1 Å². The molecule has 0 saturated carbocycles. The van der Waals surface area contributed by atoms with Crippen molar-refractivity contribution >= 4 is 40.6 Å². The largest absolute Gasteiger partial charge is 0.369 e. The summed E-state index contributed by atoms with van der Waals surface area (Å²) in [5.41, 5.74) is 6.12. The Morgan fingerprint density at radius 3 is 2.28 bits per heavy atom. The van der Waals surface area contributed by atoms with Crippen molar-refractivity contribution in [1.29, 1.82) is 0 Å². The third-order valence-corrected chi connectivity index (χ3v) is 9.03. The number of para-hydroxylation sites is 2. The van der Waals surface area contributed by atoms with E-state index in [1.54, 1.807) is 4.90 Å². The summed E-state index contributed by atoms with van der Waals surface area (Å²) in [5.74, 6) is 0.240. The molecule has 1 atom stereocenters. The van der Waals surface area contributed by atoms with Crippen LogP contribution in [0.3, 0.4) is 0 Å². The molecule has 36 heavy (non-hydrogen) atoms. The number of aryl methyl sites for hydroxylation is 2. The number of carbonyl (C=O) groups excluding carboxylic acids is 2. The van der Waals surface area contributed by atoms with E-state index in [2.05, 4.69) is 41.0 Å². The summed E-state index contributed by atoms with van der Waals surface area (Å²) in [5, 5.41) is 0. The predicted octanol–water partition coefficient (Wildman–Crippen LogP) is 4.36. The first kappa shape index (κ1) is 23.1. The first-order valence-corrected chi connectivity index (χ1v) is 13.5. The van der Waals surface area contributed by atoms with Gasteiger partial charge in [0.1, 0.15) is 0 Å². The van der Waals surface area contributed by atoms with Crippen molar-refractivity contribution in [2.24, 2.45) is 0 Å². The molecule has 3 heterocycles. The number of carbonyl (C=O) groups is 2. The van der Waals surface area contributed by atoms with Crippen molar-refractivity contribution in [3.8, 4) is 0 Å². The van der Waals surface area contributed by atoms with Gasteiger partial charge in [-0.25, -0.2) is 0 Å². The highest BCUT2D eigenvalue weighted by molar-refractivity contribution is 8.02. The van der Waals surface area contributed by atoms with Gasteiger partial charge in [-0.2, -0.15) is 0 Å². The predicted molar refractivity (Wildman–Crippen MR) is 147 cm³/mol. The number of hydrogen-bond acceptors (Lipinski definition) is 5. The molecule has 0 aromatic heterocycles. The molecule has 2 amide bonds. The molecule has 6 nitrogen and oxygen atoms in total. The van der Waals surface area contributed by atoms with E-state index in [0.29, 0.717) is 6.67 Å². The topological polar surface area (TPSA) is 47.1 Å². The average Bonchev–Trinajstić information content (AvgIpc) is 3.37. The molecule has 0 bridgehead atoms. The van der Waals surface area contributed by atoms with Crippen LogP contribution in [0.5, 0.6) is 0 Å². The van der Waals surface area contributed by atoms with Gasteiger partial charge in [0.15, 0.2) is 0 Å². The third kappa shape index (κ3) is 3.61. The van der Waals surface area contributed by atoms with Gasteiger partial charge in [-0.05, 0) is 55.3 Å². The molecule has 0 radical (unpaired) electrons. The third-order valence-electron chi connectivity index (χ3n) is 7.65. The Balaban J connectivity index is 1.29. The maximum atomic E-state index is 14.3. The normalized spacial score (nSPS) is 22.1. The maximum absolute atomic E-state index is 14.3. The molecule has 1 spiro atoms. The van der Waals surface area contributed by atoms with E-state index in [0.717, 1.165) is 48.7 Å². The molecule has 7 heteroatoms. The van der Waals surface area contributed by atoms with E-state index in [1.165, 1.54) is 23.0 Å². The van der Waals surface area contributed by atoms with Gasteiger partial charge >= 0.3 is 0 Å². The Morgan fingerprint density at radius 2 is 1.53 bits per heavy atom. The molecule has 2 saturated heterocycles. The average molecular weight is 499 g/mol. The van der Waals surface area contributed by atoms with Gasteiger partial charge in [-0.3, -0.25) is 24.3 Å². The molecule has 3 aliphatic heterocycles. The highest BCUT2D eigenvalue weighted by atomic mass is 32.2. The number of nitrogens with zero attached hydrogens (tertiary/aromatic N) is 4. The van der Waals surface area contributed by atoms with E-state index in [-0.39, 0.29) is 17.6 Å². The Labute approximate surface area is 216 Å². The van der Waals surface area contributed by atoms with Crippen LogP contribution < -0.4 is 14.7 Å². The maximum Gasteiger partial charge on any atom is 0.269 e. The SMILES string of the molecule is Cc1ccc(N2C(=O)CSC23C(=O)N(CN2CCN(c4ccccc4)CC2)c2ccccc23)cc1C. The summed E-state index contributed by atoms with van der Waals surface area (Å²) in [6.07, 6.45) is 0. The zero-order valence-corrected chi connectivity index (χ0v) is 21.5. The van der Waals surface area contributed by atoms with Crippen molar-refractivity contribution < 1.29 is 9.59 Å². The highest BCUT2D eigenvalue weighted by Gasteiger charge is 2.61. The Morgan fingerprint density at radius 1 is 0.806 bits per heavy atom. The van der Waals surface area contributed by atoms with E-state index >= 15 is 0 Å². The van der Waals surface area contributed by atoms with E-state index in [1.807, 2.05) is 60.4 Å². The highest BCUT2D eigenvalue weighted by Crippen LogP contribution is 2.55. The minimum Gasteiger partial charge on any atom is -0.369 e. The van der Waals surface area contributed by atoms with Crippen molar-refractivity contribution in [3.05, 3.63) is 89.5 Å². The molecule has 3 aromatic carbocycles. The molecule has 0 aliphatic carbocycles. The number of hydrogen-bond donors (Lipinski definition) is 0. The monoisotopic (exact) mass is 498 g/mol. The molecular formula is C29H30N4O2S. The van der Waals surface area contributed by atoms with Crippen LogP contribution in [-0.4, -0.2) is 55.3 Å². The fourth-order valence-corrected chi connectivity index (χ4v) is 6.91. The lowest BCUT2D eigenvalue weighted by Crippen LogP contribution is -2.54. The number of benzene rings is 3. The Bertz CT molecular complexity index is 1320. The van der Waals surface area contributed by atoms with Crippen molar-refractivity contribution in [2.75, 3.05) is 53.3 Å². The molecule has 1 unspecified atom stereocenters. The quantitative estimate of drug-likeness (QED) is 0.535.